The van der Waals surface area contributed by atoms with Crippen molar-refractivity contribution in [3.63, 3.8) is 0 Å². The quantitative estimate of drug-likeness (QED) is 0.894. The summed E-state index contributed by atoms with van der Waals surface area (Å²) in [5, 5.41) is 0. The average Bonchev–Trinajstić information content (AvgIpc) is 3.02. The van der Waals surface area contributed by atoms with Gasteiger partial charge in [0.15, 0.2) is 0 Å². The van der Waals surface area contributed by atoms with Gasteiger partial charge in [0.25, 0.3) is 0 Å². The lowest BCUT2D eigenvalue weighted by atomic mass is 9.84. The Hall–Kier alpha value is -1.02. The average molecular weight is 270 g/mol. The van der Waals surface area contributed by atoms with Crippen molar-refractivity contribution in [2.75, 3.05) is 18.0 Å². The molecule has 0 saturated heterocycles. The van der Waals surface area contributed by atoms with Crippen molar-refractivity contribution in [3.8, 4) is 0 Å². The number of hydrogen-bond donors (Lipinski definition) is 1. The zero-order valence-electron chi connectivity index (χ0n) is 12.5. The largest absolute Gasteiger partial charge is 0.371 e. The first kappa shape index (κ1) is 12.7. The van der Waals surface area contributed by atoms with E-state index in [-0.39, 0.29) is 0 Å². The highest BCUT2D eigenvalue weighted by Crippen LogP contribution is 2.48. The number of nitrogens with two attached hydrogens (primary N) is 1. The molecule has 3 aliphatic rings. The molecule has 2 nitrogen and oxygen atoms in total. The Morgan fingerprint density at radius 3 is 2.90 bits per heavy atom. The highest BCUT2D eigenvalue weighted by Gasteiger charge is 2.46. The Morgan fingerprint density at radius 1 is 1.25 bits per heavy atom. The van der Waals surface area contributed by atoms with Crippen molar-refractivity contribution in [1.82, 2.24) is 0 Å². The van der Waals surface area contributed by atoms with E-state index in [0.717, 1.165) is 17.8 Å². The number of aryl methyl sites for hydroxylation is 2. The lowest BCUT2D eigenvalue weighted by Crippen LogP contribution is -2.44. The molecule has 2 N–H and O–H groups in total. The van der Waals surface area contributed by atoms with Crippen LogP contribution in [0.2, 0.25) is 0 Å². The minimum absolute atomic E-state index is 0.463. The summed E-state index contributed by atoms with van der Waals surface area (Å²) in [5.74, 6) is 2.47. The fraction of sp³-hybridized carbons (Fsp3) is 0.667. The Kier molecular flexibility index (Phi) is 3.03. The van der Waals surface area contributed by atoms with Crippen LogP contribution in [0.25, 0.3) is 0 Å². The monoisotopic (exact) mass is 270 g/mol. The van der Waals surface area contributed by atoms with Gasteiger partial charge in [-0.25, -0.2) is 0 Å². The molecule has 1 heterocycles. The molecule has 0 aromatic heterocycles. The summed E-state index contributed by atoms with van der Waals surface area (Å²) in [7, 11) is 0. The number of hydrogen-bond acceptors (Lipinski definition) is 2. The van der Waals surface area contributed by atoms with Gasteiger partial charge in [0, 0.05) is 24.8 Å². The molecule has 2 bridgehead atoms. The number of anilines is 1. The van der Waals surface area contributed by atoms with E-state index < -0.39 is 0 Å². The number of rotatable bonds is 2. The van der Waals surface area contributed by atoms with Crippen LogP contribution in [0.3, 0.4) is 0 Å². The van der Waals surface area contributed by atoms with Crippen molar-refractivity contribution in [2.24, 2.45) is 23.5 Å². The van der Waals surface area contributed by atoms with Crippen LogP contribution < -0.4 is 10.6 Å². The molecule has 1 aliphatic heterocycles. The summed E-state index contributed by atoms with van der Waals surface area (Å²) < 4.78 is 0. The van der Waals surface area contributed by atoms with Crippen LogP contribution in [-0.2, 0) is 6.42 Å². The normalized spacial score (nSPS) is 35.4. The van der Waals surface area contributed by atoms with E-state index in [1.165, 1.54) is 56.4 Å². The Balaban J connectivity index is 1.56. The maximum absolute atomic E-state index is 6.50. The van der Waals surface area contributed by atoms with E-state index in [9.17, 15) is 0 Å². The Bertz CT molecular complexity index is 508. The van der Waals surface area contributed by atoms with Crippen LogP contribution in [0.5, 0.6) is 0 Å². The second kappa shape index (κ2) is 4.77. The minimum atomic E-state index is 0.463. The fourth-order valence-corrected chi connectivity index (χ4v) is 4.97. The third kappa shape index (κ3) is 1.96. The summed E-state index contributed by atoms with van der Waals surface area (Å²) in [6.45, 7) is 4.61. The van der Waals surface area contributed by atoms with Gasteiger partial charge in [-0.1, -0.05) is 17.7 Å². The van der Waals surface area contributed by atoms with Crippen LogP contribution in [0.1, 0.15) is 36.8 Å². The van der Waals surface area contributed by atoms with Crippen molar-refractivity contribution in [1.29, 1.82) is 0 Å². The molecule has 2 saturated carbocycles. The molecule has 0 spiro atoms. The van der Waals surface area contributed by atoms with Crippen molar-refractivity contribution >= 4 is 5.69 Å². The smallest absolute Gasteiger partial charge is 0.0399 e. The van der Waals surface area contributed by atoms with E-state index in [2.05, 4.69) is 30.0 Å². The maximum atomic E-state index is 6.50. The van der Waals surface area contributed by atoms with Gasteiger partial charge in [0.1, 0.15) is 0 Å². The van der Waals surface area contributed by atoms with Crippen molar-refractivity contribution < 1.29 is 0 Å². The first-order valence-electron chi connectivity index (χ1n) is 8.32. The summed E-state index contributed by atoms with van der Waals surface area (Å²) in [6.07, 6.45) is 6.76. The minimum Gasteiger partial charge on any atom is -0.371 e. The highest BCUT2D eigenvalue weighted by atomic mass is 15.1. The lowest BCUT2D eigenvalue weighted by Gasteiger charge is -2.37. The predicted octanol–water partition coefficient (Wildman–Crippen LogP) is 3.12. The van der Waals surface area contributed by atoms with E-state index in [4.69, 9.17) is 5.73 Å². The van der Waals surface area contributed by atoms with Gasteiger partial charge in [-0.2, -0.15) is 0 Å². The third-order valence-corrected chi connectivity index (χ3v) is 6.04. The first-order valence-corrected chi connectivity index (χ1v) is 8.32. The van der Waals surface area contributed by atoms with Gasteiger partial charge in [-0.15, -0.1) is 0 Å². The van der Waals surface area contributed by atoms with Crippen LogP contribution in [0.15, 0.2) is 18.2 Å². The molecular weight excluding hydrogens is 244 g/mol. The molecule has 1 aromatic rings. The maximum Gasteiger partial charge on any atom is 0.0399 e. The zero-order valence-corrected chi connectivity index (χ0v) is 12.5. The van der Waals surface area contributed by atoms with Gasteiger partial charge >= 0.3 is 0 Å². The lowest BCUT2D eigenvalue weighted by molar-refractivity contribution is 0.289. The van der Waals surface area contributed by atoms with E-state index >= 15 is 0 Å². The second-order valence-electron chi connectivity index (χ2n) is 7.26. The number of fused-ring (bicyclic) bond motifs is 3. The Morgan fingerprint density at radius 2 is 2.10 bits per heavy atom. The summed E-state index contributed by atoms with van der Waals surface area (Å²) in [5.41, 5.74) is 10.9. The number of benzene rings is 1. The summed E-state index contributed by atoms with van der Waals surface area (Å²) in [6, 6.07) is 7.44. The molecule has 108 valence electrons. The van der Waals surface area contributed by atoms with Crippen LogP contribution in [-0.4, -0.2) is 19.1 Å². The zero-order chi connectivity index (χ0) is 13.7. The van der Waals surface area contributed by atoms with E-state index in [1.807, 2.05) is 0 Å². The molecule has 4 unspecified atom stereocenters. The second-order valence-corrected chi connectivity index (χ2v) is 7.26. The molecule has 20 heavy (non-hydrogen) atoms. The fourth-order valence-electron chi connectivity index (χ4n) is 4.97. The van der Waals surface area contributed by atoms with Gasteiger partial charge in [0.2, 0.25) is 0 Å². The highest BCUT2D eigenvalue weighted by molar-refractivity contribution is 5.56. The van der Waals surface area contributed by atoms with Crippen LogP contribution in [0.4, 0.5) is 5.69 Å². The van der Waals surface area contributed by atoms with Crippen LogP contribution >= 0.6 is 0 Å². The molecule has 2 fully saturated rings. The van der Waals surface area contributed by atoms with Gasteiger partial charge in [0.05, 0.1) is 0 Å². The van der Waals surface area contributed by atoms with Crippen molar-refractivity contribution in [3.05, 3.63) is 29.3 Å². The molecule has 4 rings (SSSR count). The molecular formula is C18H26N2. The summed E-state index contributed by atoms with van der Waals surface area (Å²) >= 11 is 0. The molecule has 4 atom stereocenters. The van der Waals surface area contributed by atoms with Gasteiger partial charge in [-0.05, 0) is 68.4 Å². The molecule has 2 aliphatic carbocycles. The summed E-state index contributed by atoms with van der Waals surface area (Å²) in [4.78, 5) is 2.63. The van der Waals surface area contributed by atoms with E-state index in [0.29, 0.717) is 6.04 Å². The van der Waals surface area contributed by atoms with Crippen LogP contribution in [0, 0.1) is 24.7 Å². The first-order chi connectivity index (χ1) is 9.72. The third-order valence-electron chi connectivity index (χ3n) is 6.04. The molecule has 0 radical (unpaired) electrons. The van der Waals surface area contributed by atoms with Gasteiger partial charge < -0.3 is 10.6 Å². The SMILES string of the molecule is Cc1ccc2c(c1)CCCN2CC1C2CCC(C2)C1N. The predicted molar refractivity (Wildman–Crippen MR) is 84.0 cm³/mol. The van der Waals surface area contributed by atoms with E-state index in [1.54, 1.807) is 5.56 Å². The number of nitrogens with zero attached hydrogens (tertiary/aromatic N) is 1. The topological polar surface area (TPSA) is 29.3 Å². The standard InChI is InChI=1S/C18H26N2/c1-12-4-7-17-14(9-12)3-2-8-20(17)11-16-13-5-6-15(10-13)18(16)19/h4,7,9,13,15-16,18H,2-3,5-6,8,10-11,19H2,1H3. The van der Waals surface area contributed by atoms with Crippen molar-refractivity contribution in [2.45, 2.75) is 45.1 Å². The molecule has 0 amide bonds. The van der Waals surface area contributed by atoms with Gasteiger partial charge in [-0.3, -0.25) is 0 Å². The Labute approximate surface area is 122 Å². The molecule has 2 heteroatoms. The molecule has 1 aromatic carbocycles.